The number of carbonyl (C=O) groups excluding carboxylic acids is 4. The molecule has 0 aliphatic carbocycles. The Morgan fingerprint density at radius 1 is 0.897 bits per heavy atom. The molecular formula is C29H29N3O7. The fourth-order valence-corrected chi connectivity index (χ4v) is 4.26. The number of ether oxygens (including phenoxy) is 3. The molecule has 0 radical (unpaired) electrons. The normalized spacial score (nSPS) is 14.8. The van der Waals surface area contributed by atoms with Gasteiger partial charge in [0, 0.05) is 18.3 Å². The van der Waals surface area contributed by atoms with Crippen LogP contribution in [0.2, 0.25) is 0 Å². The first kappa shape index (κ1) is 27.2. The Labute approximate surface area is 226 Å². The average Bonchev–Trinajstić information content (AvgIpc) is 3.17. The maximum absolute atomic E-state index is 13.6. The van der Waals surface area contributed by atoms with Crippen molar-refractivity contribution in [3.63, 3.8) is 0 Å². The number of hydrogen-bond donors (Lipinski definition) is 1. The van der Waals surface area contributed by atoms with E-state index >= 15 is 0 Å². The van der Waals surface area contributed by atoms with Crippen molar-refractivity contribution in [1.29, 1.82) is 0 Å². The summed E-state index contributed by atoms with van der Waals surface area (Å²) in [7, 11) is 3.04. The third-order valence-corrected chi connectivity index (χ3v) is 6.18. The predicted molar refractivity (Wildman–Crippen MR) is 144 cm³/mol. The molecule has 1 unspecified atom stereocenters. The third kappa shape index (κ3) is 6.18. The number of carbonyl (C=O) groups is 4. The van der Waals surface area contributed by atoms with Gasteiger partial charge in [-0.25, -0.2) is 14.5 Å². The molecule has 1 N–H and O–H groups in total. The van der Waals surface area contributed by atoms with Gasteiger partial charge in [-0.15, -0.1) is 0 Å². The minimum atomic E-state index is -1.05. The summed E-state index contributed by atoms with van der Waals surface area (Å²) in [6.45, 7) is 2.06. The first-order chi connectivity index (χ1) is 18.8. The zero-order valence-corrected chi connectivity index (χ0v) is 21.9. The number of hydrogen-bond acceptors (Lipinski definition) is 7. The lowest BCUT2D eigenvalue weighted by Gasteiger charge is -2.22. The van der Waals surface area contributed by atoms with Crippen LogP contribution in [0.5, 0.6) is 11.5 Å². The van der Waals surface area contributed by atoms with Gasteiger partial charge in [0.05, 0.1) is 38.5 Å². The number of esters is 1. The van der Waals surface area contributed by atoms with Gasteiger partial charge in [0.2, 0.25) is 5.91 Å². The highest BCUT2D eigenvalue weighted by molar-refractivity contribution is 6.22. The molecule has 3 aromatic rings. The summed E-state index contributed by atoms with van der Waals surface area (Å²) in [5.41, 5.74) is 1.87. The molecule has 1 saturated heterocycles. The Balaban J connectivity index is 1.57. The monoisotopic (exact) mass is 531 g/mol. The van der Waals surface area contributed by atoms with Gasteiger partial charge in [-0.2, -0.15) is 0 Å². The number of rotatable bonds is 10. The minimum absolute atomic E-state index is 0.0917. The molecule has 3 aromatic carbocycles. The molecule has 10 nitrogen and oxygen atoms in total. The summed E-state index contributed by atoms with van der Waals surface area (Å²) >= 11 is 0. The van der Waals surface area contributed by atoms with Crippen molar-refractivity contribution < 1.29 is 33.4 Å². The molecule has 4 rings (SSSR count). The van der Waals surface area contributed by atoms with E-state index in [1.54, 1.807) is 68.6 Å². The fourth-order valence-electron chi connectivity index (χ4n) is 4.26. The summed E-state index contributed by atoms with van der Waals surface area (Å²) in [5, 5.41) is 2.74. The first-order valence-electron chi connectivity index (χ1n) is 12.3. The van der Waals surface area contributed by atoms with E-state index in [2.05, 4.69) is 5.32 Å². The van der Waals surface area contributed by atoms with Crippen LogP contribution in [0, 0.1) is 0 Å². The molecule has 1 aliphatic rings. The van der Waals surface area contributed by atoms with Gasteiger partial charge in [-0.05, 0) is 61.0 Å². The van der Waals surface area contributed by atoms with Crippen LogP contribution >= 0.6 is 0 Å². The van der Waals surface area contributed by atoms with Crippen molar-refractivity contribution in [2.75, 3.05) is 31.0 Å². The molecule has 0 bridgehead atoms. The van der Waals surface area contributed by atoms with Crippen LogP contribution in [0.1, 0.15) is 29.3 Å². The lowest BCUT2D eigenvalue weighted by Crippen LogP contribution is -2.37. The topological polar surface area (TPSA) is 114 Å². The zero-order valence-electron chi connectivity index (χ0n) is 21.9. The molecule has 0 saturated carbocycles. The molecule has 39 heavy (non-hydrogen) atoms. The zero-order chi connectivity index (χ0) is 27.9. The molecule has 202 valence electrons. The van der Waals surface area contributed by atoms with Crippen LogP contribution in [0.3, 0.4) is 0 Å². The molecule has 1 fully saturated rings. The Hall–Kier alpha value is -4.86. The molecule has 1 aliphatic heterocycles. The standard InChI is InChI=1S/C29H29N3O7/c1-4-39-28(35)20-11-13-21(14-12-20)30-26(33)17-25-27(34)32(22-8-6-10-24(16-22)38-3)29(36)31(25)18-19-7-5-9-23(15-19)37-2/h5-16,25H,4,17-18H2,1-3H3,(H,30,33). The highest BCUT2D eigenvalue weighted by Gasteiger charge is 2.46. The fraction of sp³-hybridized carbons (Fsp3) is 0.241. The van der Waals surface area contributed by atoms with Crippen LogP contribution in [0.25, 0.3) is 0 Å². The number of imide groups is 1. The number of benzene rings is 3. The number of urea groups is 1. The molecule has 0 spiro atoms. The predicted octanol–water partition coefficient (Wildman–Crippen LogP) is 4.25. The van der Waals surface area contributed by atoms with Crippen molar-refractivity contribution in [2.24, 2.45) is 0 Å². The SMILES string of the molecule is CCOC(=O)c1ccc(NC(=O)CC2C(=O)N(c3cccc(OC)c3)C(=O)N2Cc2cccc(OC)c2)cc1. The number of nitrogens with zero attached hydrogens (tertiary/aromatic N) is 2. The minimum Gasteiger partial charge on any atom is -0.497 e. The second-order valence-electron chi connectivity index (χ2n) is 8.70. The maximum Gasteiger partial charge on any atom is 0.338 e. The van der Waals surface area contributed by atoms with Crippen molar-refractivity contribution in [2.45, 2.75) is 25.9 Å². The Morgan fingerprint density at radius 2 is 1.56 bits per heavy atom. The van der Waals surface area contributed by atoms with Crippen LogP contribution in [0.4, 0.5) is 16.2 Å². The van der Waals surface area contributed by atoms with E-state index in [-0.39, 0.29) is 19.6 Å². The molecule has 4 amide bonds. The first-order valence-corrected chi connectivity index (χ1v) is 12.3. The van der Waals surface area contributed by atoms with Crippen LogP contribution in [-0.2, 0) is 20.9 Å². The summed E-state index contributed by atoms with van der Waals surface area (Å²) < 4.78 is 15.5. The van der Waals surface area contributed by atoms with E-state index in [1.165, 1.54) is 24.1 Å². The summed E-state index contributed by atoms with van der Waals surface area (Å²) in [4.78, 5) is 54.5. The van der Waals surface area contributed by atoms with E-state index in [1.807, 2.05) is 6.07 Å². The van der Waals surface area contributed by atoms with Crippen molar-refractivity contribution in [3.05, 3.63) is 83.9 Å². The van der Waals surface area contributed by atoms with Gasteiger partial charge in [0.25, 0.3) is 5.91 Å². The largest absolute Gasteiger partial charge is 0.497 e. The van der Waals surface area contributed by atoms with Crippen molar-refractivity contribution >= 4 is 35.2 Å². The van der Waals surface area contributed by atoms with E-state index < -0.39 is 29.9 Å². The lowest BCUT2D eigenvalue weighted by atomic mass is 10.1. The lowest BCUT2D eigenvalue weighted by molar-refractivity contribution is -0.124. The van der Waals surface area contributed by atoms with Gasteiger partial charge < -0.3 is 24.4 Å². The Bertz CT molecular complexity index is 1370. The van der Waals surface area contributed by atoms with E-state index in [4.69, 9.17) is 14.2 Å². The molecule has 0 aromatic heterocycles. The highest BCUT2D eigenvalue weighted by Crippen LogP contribution is 2.31. The quantitative estimate of drug-likeness (QED) is 0.307. The third-order valence-electron chi connectivity index (χ3n) is 6.18. The van der Waals surface area contributed by atoms with Crippen molar-refractivity contribution in [3.8, 4) is 11.5 Å². The van der Waals surface area contributed by atoms with Gasteiger partial charge in [-0.3, -0.25) is 9.59 Å². The molecule has 1 heterocycles. The van der Waals surface area contributed by atoms with Gasteiger partial charge in [0.1, 0.15) is 17.5 Å². The Kier molecular flexibility index (Phi) is 8.45. The van der Waals surface area contributed by atoms with E-state index in [0.717, 1.165) is 10.5 Å². The second kappa shape index (κ2) is 12.1. The number of amides is 4. The average molecular weight is 532 g/mol. The number of anilines is 2. The summed E-state index contributed by atoms with van der Waals surface area (Å²) in [5.74, 6) is -0.357. The number of nitrogens with one attached hydrogen (secondary N) is 1. The summed E-state index contributed by atoms with van der Waals surface area (Å²) in [6.07, 6.45) is -0.269. The van der Waals surface area contributed by atoms with E-state index in [0.29, 0.717) is 28.4 Å². The molecule has 10 heteroatoms. The second-order valence-corrected chi connectivity index (χ2v) is 8.70. The number of methoxy groups -OCH3 is 2. The maximum atomic E-state index is 13.6. The van der Waals surface area contributed by atoms with E-state index in [9.17, 15) is 19.2 Å². The Morgan fingerprint density at radius 3 is 2.23 bits per heavy atom. The van der Waals surface area contributed by atoms with Crippen LogP contribution < -0.4 is 19.7 Å². The smallest absolute Gasteiger partial charge is 0.338 e. The molecular weight excluding hydrogens is 502 g/mol. The molecule has 1 atom stereocenters. The van der Waals surface area contributed by atoms with Gasteiger partial charge >= 0.3 is 12.0 Å². The van der Waals surface area contributed by atoms with Crippen LogP contribution in [-0.4, -0.2) is 55.6 Å². The highest BCUT2D eigenvalue weighted by atomic mass is 16.5. The van der Waals surface area contributed by atoms with Crippen molar-refractivity contribution in [1.82, 2.24) is 4.90 Å². The van der Waals surface area contributed by atoms with Gasteiger partial charge in [-0.1, -0.05) is 18.2 Å². The summed E-state index contributed by atoms with van der Waals surface area (Å²) in [6, 6.07) is 18.4. The van der Waals surface area contributed by atoms with Gasteiger partial charge in [0.15, 0.2) is 0 Å². The van der Waals surface area contributed by atoms with Crippen LogP contribution in [0.15, 0.2) is 72.8 Å².